The lowest BCUT2D eigenvalue weighted by atomic mass is 9.95. The van der Waals surface area contributed by atoms with Crippen molar-refractivity contribution in [1.82, 2.24) is 9.97 Å². The molecule has 158 valence electrons. The number of benzene rings is 1. The Kier molecular flexibility index (Phi) is 6.08. The smallest absolute Gasteiger partial charge is 0.301 e. The molecule has 4 rings (SSSR count). The normalized spacial score (nSPS) is 17.8. The van der Waals surface area contributed by atoms with E-state index >= 15 is 0 Å². The highest BCUT2D eigenvalue weighted by atomic mass is 32.1. The molecule has 0 aliphatic carbocycles. The number of hydrogen-bond donors (Lipinski definition) is 1. The number of thiazole rings is 1. The quantitative estimate of drug-likeness (QED) is 0.257. The van der Waals surface area contributed by atoms with Crippen molar-refractivity contribution >= 4 is 33.9 Å². The Bertz CT molecular complexity index is 1100. The number of pyridine rings is 1. The van der Waals surface area contributed by atoms with Crippen LogP contribution >= 0.6 is 11.3 Å². The first-order valence-electron chi connectivity index (χ1n) is 9.95. The number of amides is 1. The number of anilines is 1. The van der Waals surface area contributed by atoms with Crippen LogP contribution in [0.5, 0.6) is 5.75 Å². The summed E-state index contributed by atoms with van der Waals surface area (Å²) in [6.45, 7) is 2.71. The largest absolute Gasteiger partial charge is 0.507 e. The van der Waals surface area contributed by atoms with Crippen LogP contribution in [0, 0.1) is 0 Å². The number of nitrogens with zero attached hydrogens (tertiary/aromatic N) is 3. The van der Waals surface area contributed by atoms with Gasteiger partial charge in [0, 0.05) is 29.5 Å². The van der Waals surface area contributed by atoms with Crippen LogP contribution in [-0.2, 0) is 9.59 Å². The van der Waals surface area contributed by atoms with Gasteiger partial charge in [-0.3, -0.25) is 19.5 Å². The number of carbonyl (C=O) groups excluding carboxylic acids is 2. The predicted molar refractivity (Wildman–Crippen MR) is 118 cm³/mol. The number of unbranched alkanes of at least 4 members (excludes halogenated alkanes) is 1. The van der Waals surface area contributed by atoms with Crippen LogP contribution in [0.1, 0.15) is 36.9 Å². The SMILES string of the molecule is CCCCOc1ccc(C2/C(=C(\O)c3ccncc3)C(=O)C(=O)N2c2nccs2)cc1. The molecule has 0 bridgehead atoms. The fourth-order valence-corrected chi connectivity index (χ4v) is 4.09. The van der Waals surface area contributed by atoms with Gasteiger partial charge in [-0.25, -0.2) is 4.98 Å². The Hall–Kier alpha value is -3.52. The van der Waals surface area contributed by atoms with E-state index in [0.717, 1.165) is 12.8 Å². The van der Waals surface area contributed by atoms with Crippen LogP contribution in [0.2, 0.25) is 0 Å². The fourth-order valence-electron chi connectivity index (χ4n) is 3.43. The summed E-state index contributed by atoms with van der Waals surface area (Å²) in [5.74, 6) is -1.01. The Morgan fingerprint density at radius 3 is 2.52 bits per heavy atom. The molecule has 3 aromatic rings. The third-order valence-corrected chi connectivity index (χ3v) is 5.76. The topological polar surface area (TPSA) is 92.6 Å². The second-order valence-electron chi connectivity index (χ2n) is 6.99. The fraction of sp³-hybridized carbons (Fsp3) is 0.217. The molecule has 0 saturated carbocycles. The maximum absolute atomic E-state index is 13.0. The summed E-state index contributed by atoms with van der Waals surface area (Å²) in [5.41, 5.74) is 1.11. The number of aliphatic hydroxyl groups excluding tert-OH is 1. The first-order chi connectivity index (χ1) is 15.1. The van der Waals surface area contributed by atoms with Gasteiger partial charge in [0.25, 0.3) is 5.78 Å². The molecule has 3 heterocycles. The lowest BCUT2D eigenvalue weighted by Gasteiger charge is -2.23. The third-order valence-electron chi connectivity index (χ3n) is 4.99. The van der Waals surface area contributed by atoms with Crippen LogP contribution in [0.25, 0.3) is 5.76 Å². The number of aromatic nitrogens is 2. The van der Waals surface area contributed by atoms with Gasteiger partial charge >= 0.3 is 5.91 Å². The number of hydrogen-bond acceptors (Lipinski definition) is 7. The van der Waals surface area contributed by atoms with Crippen molar-refractivity contribution in [3.8, 4) is 5.75 Å². The molecule has 8 heteroatoms. The van der Waals surface area contributed by atoms with Gasteiger partial charge in [0.05, 0.1) is 18.2 Å². The van der Waals surface area contributed by atoms with Crippen LogP contribution in [0.15, 0.2) is 65.9 Å². The Morgan fingerprint density at radius 1 is 1.13 bits per heavy atom. The minimum absolute atomic E-state index is 0.0195. The molecular weight excluding hydrogens is 414 g/mol. The number of ether oxygens (including phenoxy) is 1. The number of Topliss-reactive ketones (excluding diaryl/α,β-unsaturated/α-hetero) is 1. The van der Waals surface area contributed by atoms with E-state index < -0.39 is 17.7 Å². The molecule has 2 aromatic heterocycles. The summed E-state index contributed by atoms with van der Waals surface area (Å²) in [4.78, 5) is 35.4. The number of rotatable bonds is 7. The molecule has 1 aliphatic rings. The van der Waals surface area contributed by atoms with Crippen molar-refractivity contribution < 1.29 is 19.4 Å². The van der Waals surface area contributed by atoms with Crippen LogP contribution in [0.3, 0.4) is 0 Å². The van der Waals surface area contributed by atoms with Gasteiger partial charge in [-0.05, 0) is 36.2 Å². The monoisotopic (exact) mass is 435 g/mol. The number of ketones is 1. The van der Waals surface area contributed by atoms with E-state index in [4.69, 9.17) is 4.74 Å². The van der Waals surface area contributed by atoms with Gasteiger partial charge < -0.3 is 9.84 Å². The Morgan fingerprint density at radius 2 is 1.87 bits per heavy atom. The molecule has 0 spiro atoms. The van der Waals surface area contributed by atoms with E-state index in [2.05, 4.69) is 16.9 Å². The molecule has 0 radical (unpaired) electrons. The maximum Gasteiger partial charge on any atom is 0.301 e. The average molecular weight is 436 g/mol. The zero-order valence-electron chi connectivity index (χ0n) is 16.9. The summed E-state index contributed by atoms with van der Waals surface area (Å²) >= 11 is 1.25. The highest BCUT2D eigenvalue weighted by Crippen LogP contribution is 2.42. The Labute approximate surface area is 183 Å². The maximum atomic E-state index is 13.0. The van der Waals surface area contributed by atoms with E-state index in [-0.39, 0.29) is 11.3 Å². The van der Waals surface area contributed by atoms with Crippen molar-refractivity contribution in [3.05, 3.63) is 77.1 Å². The molecule has 1 saturated heterocycles. The summed E-state index contributed by atoms with van der Waals surface area (Å²) in [6, 6.07) is 9.60. The highest BCUT2D eigenvalue weighted by Gasteiger charge is 2.47. The van der Waals surface area contributed by atoms with E-state index in [1.807, 2.05) is 0 Å². The van der Waals surface area contributed by atoms with Gasteiger partial charge in [-0.15, -0.1) is 11.3 Å². The van der Waals surface area contributed by atoms with Crippen LogP contribution in [-0.4, -0.2) is 33.4 Å². The van der Waals surface area contributed by atoms with E-state index in [9.17, 15) is 14.7 Å². The molecule has 1 aliphatic heterocycles. The van der Waals surface area contributed by atoms with E-state index in [0.29, 0.717) is 28.6 Å². The molecular formula is C23H21N3O4S. The van der Waals surface area contributed by atoms with Crippen molar-refractivity contribution in [2.24, 2.45) is 0 Å². The number of aliphatic hydroxyl groups is 1. The first kappa shape index (κ1) is 20.7. The number of carbonyl (C=O) groups is 2. The summed E-state index contributed by atoms with van der Waals surface area (Å²) < 4.78 is 5.72. The standard InChI is InChI=1S/C23H21N3O4S/c1-2-3-13-30-17-6-4-15(5-7-17)19-18(20(27)16-8-10-24-11-9-16)21(28)22(29)26(19)23-25-12-14-31-23/h4-12,14,19,27H,2-3,13H2,1H3/b20-18+. The van der Waals surface area contributed by atoms with Crippen molar-refractivity contribution in [3.63, 3.8) is 0 Å². The molecule has 1 fully saturated rings. The summed E-state index contributed by atoms with van der Waals surface area (Å²) in [7, 11) is 0. The Balaban J connectivity index is 1.79. The molecule has 31 heavy (non-hydrogen) atoms. The van der Waals surface area contributed by atoms with Gasteiger partial charge in [0.1, 0.15) is 11.5 Å². The van der Waals surface area contributed by atoms with Crippen LogP contribution in [0.4, 0.5) is 5.13 Å². The lowest BCUT2D eigenvalue weighted by Crippen LogP contribution is -2.29. The van der Waals surface area contributed by atoms with Crippen molar-refractivity contribution in [1.29, 1.82) is 0 Å². The zero-order chi connectivity index (χ0) is 21.8. The second kappa shape index (κ2) is 9.09. The van der Waals surface area contributed by atoms with Gasteiger partial charge in [-0.1, -0.05) is 25.5 Å². The van der Waals surface area contributed by atoms with Gasteiger partial charge in [0.15, 0.2) is 5.13 Å². The lowest BCUT2D eigenvalue weighted by molar-refractivity contribution is -0.132. The zero-order valence-corrected chi connectivity index (χ0v) is 17.7. The molecule has 1 unspecified atom stereocenters. The molecule has 7 nitrogen and oxygen atoms in total. The highest BCUT2D eigenvalue weighted by molar-refractivity contribution is 7.14. The van der Waals surface area contributed by atoms with Crippen molar-refractivity contribution in [2.75, 3.05) is 11.5 Å². The third kappa shape index (κ3) is 4.06. The predicted octanol–water partition coefficient (Wildman–Crippen LogP) is 4.34. The van der Waals surface area contributed by atoms with E-state index in [1.165, 1.54) is 28.6 Å². The van der Waals surface area contributed by atoms with Crippen LogP contribution < -0.4 is 9.64 Å². The van der Waals surface area contributed by atoms with Gasteiger partial charge in [0.2, 0.25) is 0 Å². The minimum Gasteiger partial charge on any atom is -0.507 e. The second-order valence-corrected chi connectivity index (χ2v) is 7.86. The average Bonchev–Trinajstić information content (AvgIpc) is 3.41. The minimum atomic E-state index is -0.802. The van der Waals surface area contributed by atoms with E-state index in [1.54, 1.807) is 48.0 Å². The first-order valence-corrected chi connectivity index (χ1v) is 10.8. The summed E-state index contributed by atoms with van der Waals surface area (Å²) in [5, 5.41) is 13.1. The molecule has 1 aromatic carbocycles. The molecule has 1 N–H and O–H groups in total. The molecule has 1 atom stereocenters. The summed E-state index contributed by atoms with van der Waals surface area (Å²) in [6.07, 6.45) is 6.60. The van der Waals surface area contributed by atoms with Gasteiger partial charge in [-0.2, -0.15) is 0 Å². The molecule has 1 amide bonds. The van der Waals surface area contributed by atoms with Crippen molar-refractivity contribution in [2.45, 2.75) is 25.8 Å².